The minimum atomic E-state index is -0.237. The first-order chi connectivity index (χ1) is 13.5. The molecule has 0 bridgehead atoms. The summed E-state index contributed by atoms with van der Waals surface area (Å²) in [4.78, 5) is 29.7. The molecule has 1 aromatic heterocycles. The highest BCUT2D eigenvalue weighted by molar-refractivity contribution is 6.05. The molecule has 0 saturated heterocycles. The number of nitrogens with one attached hydrogen (secondary N) is 2. The standard InChI is InChI=1S/C22H26N4O2/c1-4-5-14-25(3)18-12-10-17(11-13-18)21(27)24-19-8-6-7-9-20(19)26-16(2)15-23-22(26)28/h6-13,15H,4-5,14H2,1-3H3,(H,23,28)(H,24,27). The van der Waals surface area contributed by atoms with E-state index in [2.05, 4.69) is 29.2 Å². The molecule has 0 radical (unpaired) electrons. The summed E-state index contributed by atoms with van der Waals surface area (Å²) < 4.78 is 1.54. The Morgan fingerprint density at radius 2 is 1.86 bits per heavy atom. The highest BCUT2D eigenvalue weighted by Gasteiger charge is 2.13. The predicted molar refractivity (Wildman–Crippen MR) is 114 cm³/mol. The fourth-order valence-corrected chi connectivity index (χ4v) is 3.12. The van der Waals surface area contributed by atoms with Gasteiger partial charge in [0.15, 0.2) is 0 Å². The molecule has 0 atom stereocenters. The van der Waals surface area contributed by atoms with Crippen molar-refractivity contribution in [1.29, 1.82) is 0 Å². The Morgan fingerprint density at radius 3 is 2.50 bits per heavy atom. The van der Waals surface area contributed by atoms with E-state index in [1.807, 2.05) is 49.4 Å². The summed E-state index contributed by atoms with van der Waals surface area (Å²) in [5.74, 6) is -0.212. The van der Waals surface area contributed by atoms with E-state index in [-0.39, 0.29) is 11.6 Å². The lowest BCUT2D eigenvalue weighted by Gasteiger charge is -2.19. The molecule has 1 amide bonds. The number of H-pyrrole nitrogens is 1. The van der Waals surface area contributed by atoms with Gasteiger partial charge in [0.1, 0.15) is 0 Å². The quantitative estimate of drug-likeness (QED) is 0.654. The van der Waals surface area contributed by atoms with Gasteiger partial charge in [-0.1, -0.05) is 25.5 Å². The van der Waals surface area contributed by atoms with E-state index in [0.717, 1.165) is 30.8 Å². The lowest BCUT2D eigenvalue weighted by Crippen LogP contribution is -2.20. The molecule has 0 aliphatic heterocycles. The number of para-hydroxylation sites is 2. The number of unbranched alkanes of at least 4 members (excludes halogenated alkanes) is 1. The van der Waals surface area contributed by atoms with Crippen LogP contribution in [-0.2, 0) is 0 Å². The van der Waals surface area contributed by atoms with Crippen LogP contribution >= 0.6 is 0 Å². The van der Waals surface area contributed by atoms with E-state index in [0.29, 0.717) is 16.9 Å². The predicted octanol–water partition coefficient (Wildman–Crippen LogP) is 3.96. The van der Waals surface area contributed by atoms with Crippen molar-refractivity contribution in [2.24, 2.45) is 0 Å². The molecule has 0 saturated carbocycles. The summed E-state index contributed by atoms with van der Waals surface area (Å²) in [5.41, 5.74) is 3.40. The number of amides is 1. The van der Waals surface area contributed by atoms with Crippen molar-refractivity contribution in [3.63, 3.8) is 0 Å². The van der Waals surface area contributed by atoms with Crippen molar-refractivity contribution >= 4 is 17.3 Å². The maximum Gasteiger partial charge on any atom is 0.330 e. The monoisotopic (exact) mass is 378 g/mol. The smallest absolute Gasteiger partial charge is 0.330 e. The molecule has 3 aromatic rings. The van der Waals surface area contributed by atoms with Crippen LogP contribution in [0.15, 0.2) is 59.5 Å². The molecule has 6 nitrogen and oxygen atoms in total. The van der Waals surface area contributed by atoms with E-state index in [4.69, 9.17) is 0 Å². The lowest BCUT2D eigenvalue weighted by molar-refractivity contribution is 0.102. The average molecular weight is 378 g/mol. The number of carbonyl (C=O) groups is 1. The number of hydrogen-bond donors (Lipinski definition) is 2. The topological polar surface area (TPSA) is 70.1 Å². The van der Waals surface area contributed by atoms with Crippen LogP contribution in [0.4, 0.5) is 11.4 Å². The molecule has 0 unspecified atom stereocenters. The van der Waals surface area contributed by atoms with E-state index < -0.39 is 0 Å². The Bertz CT molecular complexity index is 1000. The number of imidazole rings is 1. The average Bonchev–Trinajstić information content (AvgIpc) is 3.04. The first-order valence-corrected chi connectivity index (χ1v) is 9.50. The van der Waals surface area contributed by atoms with Crippen molar-refractivity contribution in [2.45, 2.75) is 26.7 Å². The fourth-order valence-electron chi connectivity index (χ4n) is 3.12. The maximum atomic E-state index is 12.7. The molecule has 1 heterocycles. The van der Waals surface area contributed by atoms with Gasteiger partial charge in [0.05, 0.1) is 11.4 Å². The van der Waals surface area contributed by atoms with Crippen molar-refractivity contribution in [1.82, 2.24) is 9.55 Å². The summed E-state index contributed by atoms with van der Waals surface area (Å²) in [7, 11) is 2.05. The first-order valence-electron chi connectivity index (χ1n) is 9.50. The van der Waals surface area contributed by atoms with Gasteiger partial charge in [0.25, 0.3) is 5.91 Å². The van der Waals surface area contributed by atoms with Crippen LogP contribution in [0.2, 0.25) is 0 Å². The van der Waals surface area contributed by atoms with Gasteiger partial charge in [-0.05, 0) is 49.7 Å². The number of benzene rings is 2. The molecule has 0 spiro atoms. The maximum absolute atomic E-state index is 12.7. The van der Waals surface area contributed by atoms with Gasteiger partial charge in [-0.15, -0.1) is 0 Å². The van der Waals surface area contributed by atoms with Gasteiger partial charge in [0, 0.05) is 36.7 Å². The second kappa shape index (κ2) is 8.61. The Balaban J connectivity index is 1.80. The second-order valence-corrected chi connectivity index (χ2v) is 6.86. The molecule has 0 fully saturated rings. The molecule has 2 N–H and O–H groups in total. The molecule has 146 valence electrons. The summed E-state index contributed by atoms with van der Waals surface area (Å²) in [5, 5.41) is 2.93. The first kappa shape index (κ1) is 19.5. The zero-order chi connectivity index (χ0) is 20.1. The van der Waals surface area contributed by atoms with Gasteiger partial charge in [0.2, 0.25) is 0 Å². The third-order valence-electron chi connectivity index (χ3n) is 4.77. The SMILES string of the molecule is CCCCN(C)c1ccc(C(=O)Nc2ccccc2-n2c(C)c[nH]c2=O)cc1. The summed E-state index contributed by atoms with van der Waals surface area (Å²) >= 11 is 0. The van der Waals surface area contributed by atoms with Crippen LogP contribution < -0.4 is 15.9 Å². The van der Waals surface area contributed by atoms with Crippen LogP contribution in [-0.4, -0.2) is 29.1 Å². The Labute approximate surface area is 164 Å². The van der Waals surface area contributed by atoms with E-state index >= 15 is 0 Å². The van der Waals surface area contributed by atoms with Crippen molar-refractivity contribution < 1.29 is 4.79 Å². The van der Waals surface area contributed by atoms with Gasteiger partial charge in [-0.25, -0.2) is 4.79 Å². The Kier molecular flexibility index (Phi) is 5.99. The fraction of sp³-hybridized carbons (Fsp3) is 0.273. The molecule has 28 heavy (non-hydrogen) atoms. The number of carbonyl (C=O) groups excluding carboxylic acids is 1. The van der Waals surface area contributed by atoms with Gasteiger partial charge in [-0.3, -0.25) is 9.36 Å². The Hall–Kier alpha value is -3.28. The number of hydrogen-bond acceptors (Lipinski definition) is 3. The van der Waals surface area contributed by atoms with Gasteiger partial charge in [-0.2, -0.15) is 0 Å². The molecule has 2 aromatic carbocycles. The van der Waals surface area contributed by atoms with Crippen molar-refractivity contribution in [3.05, 3.63) is 76.5 Å². The number of rotatable bonds is 7. The van der Waals surface area contributed by atoms with Crippen LogP contribution in [0.25, 0.3) is 5.69 Å². The summed E-state index contributed by atoms with van der Waals surface area (Å²) in [6.45, 7) is 4.99. The lowest BCUT2D eigenvalue weighted by atomic mass is 10.1. The highest BCUT2D eigenvalue weighted by atomic mass is 16.2. The third-order valence-corrected chi connectivity index (χ3v) is 4.77. The molecule has 0 aliphatic rings. The zero-order valence-electron chi connectivity index (χ0n) is 16.5. The van der Waals surface area contributed by atoms with Crippen molar-refractivity contribution in [3.8, 4) is 5.69 Å². The van der Waals surface area contributed by atoms with Crippen LogP contribution in [0, 0.1) is 6.92 Å². The van der Waals surface area contributed by atoms with E-state index in [1.54, 1.807) is 16.8 Å². The van der Waals surface area contributed by atoms with Gasteiger partial charge >= 0.3 is 5.69 Å². The number of aryl methyl sites for hydroxylation is 1. The van der Waals surface area contributed by atoms with Crippen LogP contribution in [0.3, 0.4) is 0 Å². The summed E-state index contributed by atoms with van der Waals surface area (Å²) in [6, 6.07) is 14.8. The minimum absolute atomic E-state index is 0.212. The zero-order valence-corrected chi connectivity index (χ0v) is 16.5. The molecule has 3 rings (SSSR count). The largest absolute Gasteiger partial charge is 0.375 e. The summed E-state index contributed by atoms with van der Waals surface area (Å²) in [6.07, 6.45) is 3.93. The van der Waals surface area contributed by atoms with Crippen molar-refractivity contribution in [2.75, 3.05) is 23.8 Å². The van der Waals surface area contributed by atoms with E-state index in [9.17, 15) is 9.59 Å². The highest BCUT2D eigenvalue weighted by Crippen LogP contribution is 2.21. The van der Waals surface area contributed by atoms with Gasteiger partial charge < -0.3 is 15.2 Å². The van der Waals surface area contributed by atoms with Crippen LogP contribution in [0.1, 0.15) is 35.8 Å². The number of anilines is 2. The third kappa shape index (κ3) is 4.17. The number of nitrogens with zero attached hydrogens (tertiary/aromatic N) is 2. The number of aromatic amines is 1. The van der Waals surface area contributed by atoms with E-state index in [1.165, 1.54) is 0 Å². The molecular weight excluding hydrogens is 352 g/mol. The molecule has 6 heteroatoms. The normalized spacial score (nSPS) is 10.7. The molecular formula is C22H26N4O2. The number of aromatic nitrogens is 2. The molecule has 0 aliphatic carbocycles. The Morgan fingerprint density at radius 1 is 1.14 bits per heavy atom. The second-order valence-electron chi connectivity index (χ2n) is 6.86. The minimum Gasteiger partial charge on any atom is -0.375 e. The van der Waals surface area contributed by atoms with Crippen LogP contribution in [0.5, 0.6) is 0 Å².